The zero-order valence-corrected chi connectivity index (χ0v) is 15.9. The first-order chi connectivity index (χ1) is 14.0. The van der Waals surface area contributed by atoms with Crippen LogP contribution in [0.3, 0.4) is 0 Å². The van der Waals surface area contributed by atoms with Crippen LogP contribution in [-0.2, 0) is 16.0 Å². The number of benzene rings is 2. The Morgan fingerprint density at radius 2 is 2.07 bits per heavy atom. The van der Waals surface area contributed by atoms with Gasteiger partial charge in [-0.1, -0.05) is 30.3 Å². The molecule has 0 unspecified atom stereocenters. The third-order valence-corrected chi connectivity index (χ3v) is 4.92. The number of fused-ring (bicyclic) bond motifs is 1. The number of anilines is 1. The number of nitrogens with one attached hydrogen (secondary N) is 1. The van der Waals surface area contributed by atoms with Gasteiger partial charge in [0.15, 0.2) is 0 Å². The molecule has 1 N–H and O–H groups in total. The molecule has 2 aromatic carbocycles. The lowest BCUT2D eigenvalue weighted by molar-refractivity contribution is -0.124. The van der Waals surface area contributed by atoms with Gasteiger partial charge in [0.05, 0.1) is 12.2 Å². The van der Waals surface area contributed by atoms with Crippen molar-refractivity contribution in [3.8, 4) is 5.75 Å². The van der Waals surface area contributed by atoms with E-state index in [9.17, 15) is 14.0 Å². The molecule has 0 aliphatic carbocycles. The molecular weight excluding hydrogens is 373 g/mol. The lowest BCUT2D eigenvalue weighted by Gasteiger charge is -2.20. The van der Waals surface area contributed by atoms with Crippen LogP contribution in [0.15, 0.2) is 65.2 Å². The van der Waals surface area contributed by atoms with E-state index in [1.54, 1.807) is 6.08 Å². The van der Waals surface area contributed by atoms with E-state index >= 15 is 0 Å². The van der Waals surface area contributed by atoms with Crippen molar-refractivity contribution in [3.63, 3.8) is 0 Å². The summed E-state index contributed by atoms with van der Waals surface area (Å²) in [5.41, 5.74) is 2.80. The van der Waals surface area contributed by atoms with Gasteiger partial charge < -0.3 is 15.0 Å². The quantitative estimate of drug-likeness (QED) is 0.867. The van der Waals surface area contributed by atoms with Crippen LogP contribution in [0.4, 0.5) is 10.1 Å². The first-order valence-corrected chi connectivity index (χ1v) is 9.30. The fraction of sp³-hybridized carbons (Fsp3) is 0.227. The Labute approximate surface area is 167 Å². The summed E-state index contributed by atoms with van der Waals surface area (Å²) in [6.07, 6.45) is 2.48. The Bertz CT molecular complexity index is 1020. The van der Waals surface area contributed by atoms with Gasteiger partial charge in [-0.05, 0) is 35.8 Å². The number of carbonyl (C=O) groups excluding carboxylic acids is 2. The lowest BCUT2D eigenvalue weighted by Crippen LogP contribution is -2.50. The van der Waals surface area contributed by atoms with Crippen molar-refractivity contribution in [2.24, 2.45) is 4.99 Å². The highest BCUT2D eigenvalue weighted by molar-refractivity contribution is 6.44. The second-order valence-corrected chi connectivity index (χ2v) is 7.01. The molecule has 2 aromatic rings. The van der Waals surface area contributed by atoms with Crippen molar-refractivity contribution in [1.29, 1.82) is 0 Å². The summed E-state index contributed by atoms with van der Waals surface area (Å²) < 4.78 is 19.2. The molecule has 0 saturated heterocycles. The smallest absolute Gasteiger partial charge is 0.270 e. The number of amides is 2. The van der Waals surface area contributed by atoms with E-state index in [0.29, 0.717) is 23.7 Å². The van der Waals surface area contributed by atoms with Gasteiger partial charge >= 0.3 is 0 Å². The number of aliphatic imine (C=N–C) groups is 1. The van der Waals surface area contributed by atoms with Crippen LogP contribution in [0.1, 0.15) is 5.56 Å². The van der Waals surface area contributed by atoms with Crippen LogP contribution in [0, 0.1) is 5.82 Å². The van der Waals surface area contributed by atoms with E-state index in [2.05, 4.69) is 10.3 Å². The number of carbonyl (C=O) groups is 2. The number of nitrogens with zero attached hydrogens (tertiary/aromatic N) is 2. The van der Waals surface area contributed by atoms with E-state index in [-0.39, 0.29) is 12.5 Å². The van der Waals surface area contributed by atoms with E-state index < -0.39 is 17.8 Å². The SMILES string of the molecule is CN1C(=O)[C@@H](NC(=O)C2=NCC(Cc3ccccc3)=C2)COc2ccc(F)cc21. The molecule has 0 radical (unpaired) electrons. The number of likely N-dealkylation sites (N-methyl/N-ethyl adjacent to an activating group) is 1. The predicted octanol–water partition coefficient (Wildman–Crippen LogP) is 2.29. The molecule has 2 heterocycles. The molecule has 0 saturated carbocycles. The first kappa shape index (κ1) is 18.9. The molecule has 0 fully saturated rings. The largest absolute Gasteiger partial charge is 0.489 e. The van der Waals surface area contributed by atoms with Gasteiger partial charge in [-0.2, -0.15) is 0 Å². The molecular formula is C22H20FN3O3. The summed E-state index contributed by atoms with van der Waals surface area (Å²) >= 11 is 0. The molecule has 2 amide bonds. The summed E-state index contributed by atoms with van der Waals surface area (Å²) in [5.74, 6) is -0.886. The fourth-order valence-electron chi connectivity index (χ4n) is 3.38. The monoisotopic (exact) mass is 393 g/mol. The van der Waals surface area contributed by atoms with Crippen molar-refractivity contribution in [1.82, 2.24) is 5.32 Å². The number of hydrogen-bond donors (Lipinski definition) is 1. The van der Waals surface area contributed by atoms with Crippen LogP contribution in [0.2, 0.25) is 0 Å². The molecule has 29 heavy (non-hydrogen) atoms. The predicted molar refractivity (Wildman–Crippen MR) is 108 cm³/mol. The van der Waals surface area contributed by atoms with Crippen molar-refractivity contribution < 1.29 is 18.7 Å². The van der Waals surface area contributed by atoms with Gasteiger partial charge in [0.1, 0.15) is 29.9 Å². The minimum absolute atomic E-state index is 0.0403. The van der Waals surface area contributed by atoms with Gasteiger partial charge in [0, 0.05) is 13.1 Å². The highest BCUT2D eigenvalue weighted by Gasteiger charge is 2.31. The maximum atomic E-state index is 13.5. The van der Waals surface area contributed by atoms with Gasteiger partial charge in [0.25, 0.3) is 11.8 Å². The second kappa shape index (κ2) is 7.87. The van der Waals surface area contributed by atoms with Crippen LogP contribution in [-0.4, -0.2) is 43.8 Å². The molecule has 4 rings (SSSR count). The molecule has 148 valence electrons. The van der Waals surface area contributed by atoms with Gasteiger partial charge in [0.2, 0.25) is 0 Å². The average Bonchev–Trinajstić information content (AvgIpc) is 3.16. The van der Waals surface area contributed by atoms with Crippen molar-refractivity contribution in [3.05, 3.63) is 71.6 Å². The first-order valence-electron chi connectivity index (χ1n) is 9.30. The number of ether oxygens (including phenoxy) is 1. The number of hydrogen-bond acceptors (Lipinski definition) is 4. The maximum Gasteiger partial charge on any atom is 0.270 e. The summed E-state index contributed by atoms with van der Waals surface area (Å²) in [7, 11) is 1.53. The Morgan fingerprint density at radius 1 is 1.28 bits per heavy atom. The standard InChI is InChI=1S/C22H20FN3O3/c1-26-19-11-16(23)7-8-20(19)29-13-18(22(26)28)25-21(27)17-10-15(12-24-17)9-14-5-3-2-4-6-14/h2-8,10-11,18H,9,12-13H2,1H3,(H,25,27)/t18-/m0/s1. The molecule has 0 spiro atoms. The molecule has 0 aromatic heterocycles. The van der Waals surface area contributed by atoms with Crippen molar-refractivity contribution in [2.75, 3.05) is 25.1 Å². The molecule has 2 aliphatic heterocycles. The summed E-state index contributed by atoms with van der Waals surface area (Å²) in [4.78, 5) is 30.9. The average molecular weight is 393 g/mol. The minimum atomic E-state index is -0.891. The van der Waals surface area contributed by atoms with E-state index in [4.69, 9.17) is 4.74 Å². The van der Waals surface area contributed by atoms with Gasteiger partial charge in [-0.25, -0.2) is 4.39 Å². The topological polar surface area (TPSA) is 71.0 Å². The van der Waals surface area contributed by atoms with E-state index in [0.717, 1.165) is 17.6 Å². The second-order valence-electron chi connectivity index (χ2n) is 7.01. The molecule has 2 aliphatic rings. The van der Waals surface area contributed by atoms with Crippen molar-refractivity contribution >= 4 is 23.2 Å². The van der Waals surface area contributed by atoms with Crippen LogP contribution in [0.5, 0.6) is 5.75 Å². The third kappa shape index (κ3) is 4.03. The van der Waals surface area contributed by atoms with Crippen LogP contribution >= 0.6 is 0 Å². The Hall–Kier alpha value is -3.48. The minimum Gasteiger partial charge on any atom is -0.489 e. The number of halogens is 1. The Kier molecular flexibility index (Phi) is 5.12. The molecule has 1 atom stereocenters. The van der Waals surface area contributed by atoms with Crippen LogP contribution in [0.25, 0.3) is 0 Å². The van der Waals surface area contributed by atoms with Gasteiger partial charge in [-0.15, -0.1) is 0 Å². The third-order valence-electron chi connectivity index (χ3n) is 4.92. The number of rotatable bonds is 4. The molecule has 7 heteroatoms. The molecule has 6 nitrogen and oxygen atoms in total. The zero-order valence-electron chi connectivity index (χ0n) is 15.9. The van der Waals surface area contributed by atoms with Crippen LogP contribution < -0.4 is 15.0 Å². The fourth-order valence-corrected chi connectivity index (χ4v) is 3.38. The summed E-state index contributed by atoms with van der Waals surface area (Å²) in [6.45, 7) is 0.415. The Balaban J connectivity index is 1.43. The highest BCUT2D eigenvalue weighted by Crippen LogP contribution is 2.31. The zero-order chi connectivity index (χ0) is 20.4. The summed E-state index contributed by atoms with van der Waals surface area (Å²) in [5, 5.41) is 2.69. The Morgan fingerprint density at radius 3 is 2.86 bits per heavy atom. The van der Waals surface area contributed by atoms with Gasteiger partial charge in [-0.3, -0.25) is 14.6 Å². The normalized spacial score (nSPS) is 18.3. The summed E-state index contributed by atoms with van der Waals surface area (Å²) in [6, 6.07) is 13.0. The maximum absolute atomic E-state index is 13.5. The lowest BCUT2D eigenvalue weighted by atomic mass is 10.1. The van der Waals surface area contributed by atoms with Crippen molar-refractivity contribution in [2.45, 2.75) is 12.5 Å². The van der Waals surface area contributed by atoms with E-state index in [1.807, 2.05) is 30.3 Å². The molecule has 0 bridgehead atoms. The highest BCUT2D eigenvalue weighted by atomic mass is 19.1. The van der Waals surface area contributed by atoms with E-state index in [1.165, 1.54) is 30.1 Å².